The fourth-order valence-corrected chi connectivity index (χ4v) is 1.87. The molecular weight excluding hydrogens is 307 g/mol. The summed E-state index contributed by atoms with van der Waals surface area (Å²) in [6.45, 7) is 2.01. The van der Waals surface area contributed by atoms with Gasteiger partial charge in [-0.25, -0.2) is 4.79 Å². The molecule has 1 heterocycles. The smallest absolute Gasteiger partial charge is 0.359 e. The Balaban J connectivity index is 2.69. The maximum atomic E-state index is 11.4. The SMILES string of the molecule is COC(=O)c1n[nH]c2cc(C)c(I)cc12. The van der Waals surface area contributed by atoms with E-state index in [9.17, 15) is 4.79 Å². The molecule has 0 unspecified atom stereocenters. The Kier molecular flexibility index (Phi) is 2.64. The van der Waals surface area contributed by atoms with Crippen molar-refractivity contribution in [2.24, 2.45) is 0 Å². The Hall–Kier alpha value is -1.11. The van der Waals surface area contributed by atoms with E-state index in [0.717, 1.165) is 20.0 Å². The average Bonchev–Trinajstić information content (AvgIpc) is 2.61. The first-order valence-electron chi connectivity index (χ1n) is 4.36. The first-order valence-corrected chi connectivity index (χ1v) is 5.44. The van der Waals surface area contributed by atoms with Gasteiger partial charge in [0.15, 0.2) is 5.69 Å². The number of halogens is 1. The molecule has 2 rings (SSSR count). The van der Waals surface area contributed by atoms with E-state index in [1.807, 2.05) is 19.1 Å². The fraction of sp³-hybridized carbons (Fsp3) is 0.200. The Morgan fingerprint density at radius 2 is 2.27 bits per heavy atom. The lowest BCUT2D eigenvalue weighted by Gasteiger charge is -1.98. The molecule has 0 saturated carbocycles. The molecule has 5 heteroatoms. The van der Waals surface area contributed by atoms with Gasteiger partial charge < -0.3 is 4.74 Å². The number of nitrogens with zero attached hydrogens (tertiary/aromatic N) is 1. The molecule has 0 aliphatic heterocycles. The molecule has 1 aromatic heterocycles. The number of benzene rings is 1. The second kappa shape index (κ2) is 3.80. The number of H-pyrrole nitrogens is 1. The maximum Gasteiger partial charge on any atom is 0.359 e. The number of esters is 1. The van der Waals surface area contributed by atoms with E-state index in [1.165, 1.54) is 7.11 Å². The molecule has 0 fully saturated rings. The molecule has 4 nitrogen and oxygen atoms in total. The van der Waals surface area contributed by atoms with Crippen LogP contribution in [0, 0.1) is 10.5 Å². The summed E-state index contributed by atoms with van der Waals surface area (Å²) in [5, 5.41) is 7.57. The number of aryl methyl sites for hydroxylation is 1. The zero-order valence-corrected chi connectivity index (χ0v) is 10.5. The van der Waals surface area contributed by atoms with E-state index in [0.29, 0.717) is 5.69 Å². The van der Waals surface area contributed by atoms with Crippen LogP contribution in [0.25, 0.3) is 10.9 Å². The van der Waals surface area contributed by atoms with Crippen LogP contribution in [0.2, 0.25) is 0 Å². The molecule has 78 valence electrons. The van der Waals surface area contributed by atoms with Crippen molar-refractivity contribution in [3.05, 3.63) is 27.0 Å². The summed E-state index contributed by atoms with van der Waals surface area (Å²) in [6, 6.07) is 3.90. The molecule has 1 N–H and O–H groups in total. The first-order chi connectivity index (χ1) is 7.13. The van der Waals surface area contributed by atoms with Gasteiger partial charge in [-0.05, 0) is 47.2 Å². The monoisotopic (exact) mass is 316 g/mol. The molecule has 0 saturated heterocycles. The molecule has 0 radical (unpaired) electrons. The predicted molar refractivity (Wildman–Crippen MR) is 64.9 cm³/mol. The zero-order chi connectivity index (χ0) is 11.0. The molecule has 0 aliphatic rings. The van der Waals surface area contributed by atoms with Gasteiger partial charge in [-0.15, -0.1) is 0 Å². The van der Waals surface area contributed by atoms with Gasteiger partial charge >= 0.3 is 5.97 Å². The third-order valence-electron chi connectivity index (χ3n) is 2.22. The van der Waals surface area contributed by atoms with Crippen molar-refractivity contribution >= 4 is 39.5 Å². The number of hydrogen-bond acceptors (Lipinski definition) is 3. The topological polar surface area (TPSA) is 55.0 Å². The summed E-state index contributed by atoms with van der Waals surface area (Å²) in [6.07, 6.45) is 0. The van der Waals surface area contributed by atoms with Crippen molar-refractivity contribution in [1.29, 1.82) is 0 Å². The first kappa shape index (κ1) is 10.4. The molecular formula is C10H9IN2O2. The number of aromatic nitrogens is 2. The Labute approximate surface area is 100 Å². The maximum absolute atomic E-state index is 11.4. The average molecular weight is 316 g/mol. The minimum atomic E-state index is -0.416. The van der Waals surface area contributed by atoms with Crippen LogP contribution in [0.3, 0.4) is 0 Å². The molecule has 0 atom stereocenters. The van der Waals surface area contributed by atoms with E-state index in [2.05, 4.69) is 37.5 Å². The summed E-state index contributed by atoms with van der Waals surface area (Å²) in [7, 11) is 1.35. The molecule has 0 spiro atoms. The molecule has 15 heavy (non-hydrogen) atoms. The lowest BCUT2D eigenvalue weighted by Crippen LogP contribution is -2.02. The third-order valence-corrected chi connectivity index (χ3v) is 3.38. The lowest BCUT2D eigenvalue weighted by molar-refractivity contribution is 0.0596. The zero-order valence-electron chi connectivity index (χ0n) is 8.30. The molecule has 0 aliphatic carbocycles. The van der Waals surface area contributed by atoms with Crippen molar-refractivity contribution in [2.75, 3.05) is 7.11 Å². The van der Waals surface area contributed by atoms with Gasteiger partial charge in [-0.2, -0.15) is 5.10 Å². The van der Waals surface area contributed by atoms with Crippen molar-refractivity contribution < 1.29 is 9.53 Å². The van der Waals surface area contributed by atoms with Crippen LogP contribution in [-0.4, -0.2) is 23.3 Å². The van der Waals surface area contributed by atoms with Gasteiger partial charge in [0, 0.05) is 8.96 Å². The highest BCUT2D eigenvalue weighted by atomic mass is 127. The van der Waals surface area contributed by atoms with Crippen LogP contribution in [0.15, 0.2) is 12.1 Å². The van der Waals surface area contributed by atoms with Gasteiger partial charge in [0.2, 0.25) is 0 Å². The summed E-state index contributed by atoms with van der Waals surface area (Å²) in [5.41, 5.74) is 2.35. The number of ether oxygens (including phenoxy) is 1. The normalized spacial score (nSPS) is 10.6. The summed E-state index contributed by atoms with van der Waals surface area (Å²) in [4.78, 5) is 11.4. The van der Waals surface area contributed by atoms with Crippen LogP contribution in [0.5, 0.6) is 0 Å². The quantitative estimate of drug-likeness (QED) is 0.648. The lowest BCUT2D eigenvalue weighted by atomic mass is 10.1. The number of fused-ring (bicyclic) bond motifs is 1. The van der Waals surface area contributed by atoms with E-state index < -0.39 is 5.97 Å². The van der Waals surface area contributed by atoms with E-state index in [-0.39, 0.29) is 0 Å². The number of carbonyl (C=O) groups excluding carboxylic acids is 1. The van der Waals surface area contributed by atoms with E-state index in [4.69, 9.17) is 0 Å². The van der Waals surface area contributed by atoms with Crippen molar-refractivity contribution in [3.8, 4) is 0 Å². The highest BCUT2D eigenvalue weighted by Gasteiger charge is 2.15. The molecule has 0 amide bonds. The van der Waals surface area contributed by atoms with Gasteiger partial charge in [0.25, 0.3) is 0 Å². The molecule has 2 aromatic rings. The summed E-state index contributed by atoms with van der Waals surface area (Å²) < 4.78 is 5.75. The standard InChI is InChI=1S/C10H9IN2O2/c1-5-3-8-6(4-7(5)11)9(13-12-8)10(14)15-2/h3-4H,1-2H3,(H,12,13). The molecule has 0 bridgehead atoms. The number of carbonyl (C=O) groups is 1. The Morgan fingerprint density at radius 3 is 2.93 bits per heavy atom. The highest BCUT2D eigenvalue weighted by Crippen LogP contribution is 2.22. The van der Waals surface area contributed by atoms with Gasteiger partial charge in [0.05, 0.1) is 12.6 Å². The van der Waals surface area contributed by atoms with Gasteiger partial charge in [-0.3, -0.25) is 5.10 Å². The second-order valence-electron chi connectivity index (χ2n) is 3.21. The van der Waals surface area contributed by atoms with E-state index in [1.54, 1.807) is 0 Å². The van der Waals surface area contributed by atoms with Crippen molar-refractivity contribution in [2.45, 2.75) is 6.92 Å². The van der Waals surface area contributed by atoms with Crippen molar-refractivity contribution in [3.63, 3.8) is 0 Å². The molecule has 1 aromatic carbocycles. The number of aromatic amines is 1. The van der Waals surface area contributed by atoms with Crippen LogP contribution < -0.4 is 0 Å². The van der Waals surface area contributed by atoms with Gasteiger partial charge in [-0.1, -0.05) is 0 Å². The minimum absolute atomic E-state index is 0.338. The number of nitrogens with one attached hydrogen (secondary N) is 1. The minimum Gasteiger partial charge on any atom is -0.464 e. The van der Waals surface area contributed by atoms with Crippen LogP contribution in [0.1, 0.15) is 16.1 Å². The summed E-state index contributed by atoms with van der Waals surface area (Å²) >= 11 is 2.23. The van der Waals surface area contributed by atoms with E-state index >= 15 is 0 Å². The Morgan fingerprint density at radius 1 is 1.53 bits per heavy atom. The predicted octanol–water partition coefficient (Wildman–Crippen LogP) is 2.26. The number of hydrogen-bond donors (Lipinski definition) is 1. The Bertz CT molecular complexity index is 533. The number of methoxy groups -OCH3 is 1. The number of rotatable bonds is 1. The second-order valence-corrected chi connectivity index (χ2v) is 4.37. The summed E-state index contributed by atoms with van der Waals surface area (Å²) in [5.74, 6) is -0.416. The van der Waals surface area contributed by atoms with Crippen LogP contribution in [-0.2, 0) is 4.74 Å². The van der Waals surface area contributed by atoms with Crippen molar-refractivity contribution in [1.82, 2.24) is 10.2 Å². The van der Waals surface area contributed by atoms with Crippen LogP contribution in [0.4, 0.5) is 0 Å². The fourth-order valence-electron chi connectivity index (χ4n) is 1.40. The highest BCUT2D eigenvalue weighted by molar-refractivity contribution is 14.1. The van der Waals surface area contributed by atoms with Gasteiger partial charge in [0.1, 0.15) is 0 Å². The third kappa shape index (κ3) is 1.71. The van der Waals surface area contributed by atoms with Crippen LogP contribution >= 0.6 is 22.6 Å². The largest absolute Gasteiger partial charge is 0.464 e.